The van der Waals surface area contributed by atoms with Gasteiger partial charge in [-0.15, -0.1) is 0 Å². The van der Waals surface area contributed by atoms with E-state index in [2.05, 4.69) is 19.9 Å². The molecule has 0 spiro atoms. The van der Waals surface area contributed by atoms with Crippen molar-refractivity contribution in [3.63, 3.8) is 0 Å². The van der Waals surface area contributed by atoms with E-state index in [4.69, 9.17) is 19.2 Å². The zero-order valence-electron chi connectivity index (χ0n) is 19.0. The summed E-state index contributed by atoms with van der Waals surface area (Å²) in [6, 6.07) is 6.02. The number of hydrogen-bond donors (Lipinski definition) is 0. The molecule has 7 nitrogen and oxygen atoms in total. The van der Waals surface area contributed by atoms with Crippen molar-refractivity contribution >= 4 is 22.6 Å². The van der Waals surface area contributed by atoms with E-state index >= 15 is 0 Å². The lowest BCUT2D eigenvalue weighted by atomic mass is 10.0. The number of carbonyl (C=O) groups is 1. The maximum absolute atomic E-state index is 13.4. The molecule has 0 N–H and O–H groups in total. The summed E-state index contributed by atoms with van der Waals surface area (Å²) in [5.74, 6) is 2.56. The van der Waals surface area contributed by atoms with Crippen LogP contribution in [0.3, 0.4) is 0 Å². The third-order valence-corrected chi connectivity index (χ3v) is 6.24. The van der Waals surface area contributed by atoms with E-state index in [9.17, 15) is 4.79 Å². The van der Waals surface area contributed by atoms with Gasteiger partial charge in [0.1, 0.15) is 5.82 Å². The highest BCUT2D eigenvalue weighted by molar-refractivity contribution is 5.86. The molecule has 168 valence electrons. The molecule has 3 heterocycles. The third kappa shape index (κ3) is 4.56. The van der Waals surface area contributed by atoms with Crippen molar-refractivity contribution in [2.45, 2.75) is 52.2 Å². The quantitative estimate of drug-likeness (QED) is 0.635. The number of amides is 1. The van der Waals surface area contributed by atoms with Gasteiger partial charge in [-0.2, -0.15) is 0 Å². The van der Waals surface area contributed by atoms with Gasteiger partial charge in [-0.3, -0.25) is 4.79 Å². The number of rotatable bonds is 8. The molecule has 7 heteroatoms. The van der Waals surface area contributed by atoms with Gasteiger partial charge in [0.05, 0.1) is 11.6 Å². The van der Waals surface area contributed by atoms with E-state index in [1.165, 1.54) is 0 Å². The Labute approximate surface area is 184 Å². The zero-order valence-corrected chi connectivity index (χ0v) is 19.0. The van der Waals surface area contributed by atoms with E-state index in [1.54, 1.807) is 0 Å². The molecule has 2 aliphatic rings. The Morgan fingerprint density at radius 2 is 1.90 bits per heavy atom. The highest BCUT2D eigenvalue weighted by Crippen LogP contribution is 2.37. The van der Waals surface area contributed by atoms with Crippen molar-refractivity contribution in [2.75, 3.05) is 38.9 Å². The van der Waals surface area contributed by atoms with Crippen LogP contribution in [0, 0.1) is 5.92 Å². The van der Waals surface area contributed by atoms with E-state index in [0.717, 1.165) is 66.1 Å². The van der Waals surface area contributed by atoms with Gasteiger partial charge in [0.25, 0.3) is 0 Å². The van der Waals surface area contributed by atoms with Gasteiger partial charge < -0.3 is 24.0 Å². The van der Waals surface area contributed by atoms with Crippen molar-refractivity contribution in [1.82, 2.24) is 9.88 Å². The standard InChI is InChI=1S/C24H33N3O4/c1-5-16(6-2)24(28)27(14-19-8-7-9-29-19)13-18-10-17-11-21-22(31-15-30-21)12-20(17)25-23(18)26(3)4/h10-12,16,19H,5-9,13-15H2,1-4H3. The maximum Gasteiger partial charge on any atom is 0.231 e. The zero-order chi connectivity index (χ0) is 22.0. The Balaban J connectivity index is 1.69. The minimum atomic E-state index is 0.0337. The number of carbonyl (C=O) groups excluding carboxylic acids is 1. The maximum atomic E-state index is 13.4. The summed E-state index contributed by atoms with van der Waals surface area (Å²) in [6.07, 6.45) is 3.87. The Morgan fingerprint density at radius 1 is 1.16 bits per heavy atom. The molecule has 1 amide bonds. The molecule has 0 bridgehead atoms. The smallest absolute Gasteiger partial charge is 0.231 e. The molecule has 1 aromatic heterocycles. The SMILES string of the molecule is CCC(CC)C(=O)N(Cc1cc2cc3c(cc2nc1N(C)C)OCO3)CC1CCCO1. The van der Waals surface area contributed by atoms with E-state index < -0.39 is 0 Å². The van der Waals surface area contributed by atoms with Gasteiger partial charge in [0.2, 0.25) is 12.7 Å². The van der Waals surface area contributed by atoms with E-state index in [0.29, 0.717) is 13.1 Å². The van der Waals surface area contributed by atoms with Crippen LogP contribution < -0.4 is 14.4 Å². The molecule has 1 atom stereocenters. The van der Waals surface area contributed by atoms with Crippen LogP contribution in [0.2, 0.25) is 0 Å². The highest BCUT2D eigenvalue weighted by Gasteiger charge is 2.28. The second kappa shape index (κ2) is 9.30. The fourth-order valence-electron chi connectivity index (χ4n) is 4.47. The molecule has 2 aliphatic heterocycles. The van der Waals surface area contributed by atoms with Crippen molar-refractivity contribution in [1.29, 1.82) is 0 Å². The van der Waals surface area contributed by atoms with Crippen LogP contribution in [0.1, 0.15) is 45.1 Å². The first-order chi connectivity index (χ1) is 15.0. The van der Waals surface area contributed by atoms with Gasteiger partial charge in [-0.25, -0.2) is 4.98 Å². The van der Waals surface area contributed by atoms with Crippen LogP contribution in [-0.4, -0.2) is 55.9 Å². The minimum Gasteiger partial charge on any atom is -0.454 e. The summed E-state index contributed by atoms with van der Waals surface area (Å²) >= 11 is 0. The van der Waals surface area contributed by atoms with Crippen molar-refractivity contribution in [3.05, 3.63) is 23.8 Å². The van der Waals surface area contributed by atoms with Gasteiger partial charge >= 0.3 is 0 Å². The number of nitrogens with zero attached hydrogens (tertiary/aromatic N) is 3. The van der Waals surface area contributed by atoms with Gasteiger partial charge in [-0.1, -0.05) is 13.8 Å². The largest absolute Gasteiger partial charge is 0.454 e. The first-order valence-electron chi connectivity index (χ1n) is 11.3. The first-order valence-corrected chi connectivity index (χ1v) is 11.3. The Kier molecular flexibility index (Phi) is 6.51. The predicted molar refractivity (Wildman–Crippen MR) is 121 cm³/mol. The number of anilines is 1. The van der Waals surface area contributed by atoms with Crippen molar-refractivity contribution in [3.8, 4) is 11.5 Å². The lowest BCUT2D eigenvalue weighted by Crippen LogP contribution is -2.40. The summed E-state index contributed by atoms with van der Waals surface area (Å²) < 4.78 is 16.9. The lowest BCUT2D eigenvalue weighted by Gasteiger charge is -2.30. The summed E-state index contributed by atoms with van der Waals surface area (Å²) in [4.78, 5) is 22.3. The number of ether oxygens (including phenoxy) is 3. The molecule has 1 fully saturated rings. The highest BCUT2D eigenvalue weighted by atomic mass is 16.7. The molecule has 1 aromatic carbocycles. The molecular formula is C24H33N3O4. The number of fused-ring (bicyclic) bond motifs is 2. The lowest BCUT2D eigenvalue weighted by molar-refractivity contribution is -0.138. The van der Waals surface area contributed by atoms with Gasteiger partial charge in [0.15, 0.2) is 11.5 Å². The molecule has 1 saturated heterocycles. The van der Waals surface area contributed by atoms with Crippen LogP contribution in [-0.2, 0) is 16.1 Å². The number of hydrogen-bond acceptors (Lipinski definition) is 6. The van der Waals surface area contributed by atoms with Crippen LogP contribution in [0.4, 0.5) is 5.82 Å². The molecule has 0 radical (unpaired) electrons. The summed E-state index contributed by atoms with van der Waals surface area (Å²) in [7, 11) is 3.97. The molecule has 0 aliphatic carbocycles. The fourth-order valence-corrected chi connectivity index (χ4v) is 4.47. The summed E-state index contributed by atoms with van der Waals surface area (Å²) in [6.45, 7) is 6.33. The van der Waals surface area contributed by atoms with E-state index in [-0.39, 0.29) is 24.7 Å². The van der Waals surface area contributed by atoms with E-state index in [1.807, 2.05) is 36.0 Å². The third-order valence-electron chi connectivity index (χ3n) is 6.24. The van der Waals surface area contributed by atoms with Crippen LogP contribution in [0.5, 0.6) is 11.5 Å². The van der Waals surface area contributed by atoms with Crippen molar-refractivity contribution in [2.24, 2.45) is 5.92 Å². The monoisotopic (exact) mass is 427 g/mol. The van der Waals surface area contributed by atoms with Crippen LogP contribution in [0.15, 0.2) is 18.2 Å². The normalized spacial score (nSPS) is 17.5. The second-order valence-electron chi connectivity index (χ2n) is 8.63. The summed E-state index contributed by atoms with van der Waals surface area (Å²) in [5, 5.41) is 0.983. The Morgan fingerprint density at radius 3 is 2.55 bits per heavy atom. The van der Waals surface area contributed by atoms with Crippen LogP contribution >= 0.6 is 0 Å². The molecule has 31 heavy (non-hydrogen) atoms. The van der Waals surface area contributed by atoms with Gasteiger partial charge in [-0.05, 0) is 37.8 Å². The Hall–Kier alpha value is -2.54. The van der Waals surface area contributed by atoms with Crippen LogP contribution in [0.25, 0.3) is 10.9 Å². The predicted octanol–water partition coefficient (Wildman–Crippen LogP) is 3.97. The van der Waals surface area contributed by atoms with Gasteiger partial charge in [0, 0.05) is 56.7 Å². The molecular weight excluding hydrogens is 394 g/mol. The Bertz CT molecular complexity index is 936. The molecule has 4 rings (SSSR count). The average molecular weight is 428 g/mol. The number of aromatic nitrogens is 1. The molecule has 0 saturated carbocycles. The number of benzene rings is 1. The minimum absolute atomic E-state index is 0.0337. The average Bonchev–Trinajstić information content (AvgIpc) is 3.43. The fraction of sp³-hybridized carbons (Fsp3) is 0.583. The topological polar surface area (TPSA) is 64.1 Å². The summed E-state index contributed by atoms with van der Waals surface area (Å²) in [5.41, 5.74) is 1.88. The molecule has 2 aromatic rings. The van der Waals surface area contributed by atoms with Crippen molar-refractivity contribution < 1.29 is 19.0 Å². The second-order valence-corrected chi connectivity index (χ2v) is 8.63. The first kappa shape index (κ1) is 21.7. The molecule has 1 unspecified atom stereocenters. The number of pyridine rings is 1.